The topological polar surface area (TPSA) is 77.6 Å². The zero-order chi connectivity index (χ0) is 27.2. The number of amides is 1. The van der Waals surface area contributed by atoms with Crippen molar-refractivity contribution in [3.8, 4) is 11.1 Å². The molecule has 1 aromatic heterocycles. The minimum absolute atomic E-state index is 0.0116. The Bertz CT molecular complexity index is 1500. The number of aromatic amines is 1. The fourth-order valence-corrected chi connectivity index (χ4v) is 5.34. The summed E-state index contributed by atoms with van der Waals surface area (Å²) in [6, 6.07) is 14.6. The Balaban J connectivity index is 1.74. The first-order valence-corrected chi connectivity index (χ1v) is 12.7. The maximum atomic E-state index is 16.7. The van der Waals surface area contributed by atoms with Crippen LogP contribution in [-0.2, 0) is 11.3 Å². The number of carbonyl (C=O) groups excluding carboxylic acids is 1. The van der Waals surface area contributed by atoms with Crippen molar-refractivity contribution >= 4 is 22.7 Å². The van der Waals surface area contributed by atoms with Gasteiger partial charge in [-0.3, -0.25) is 4.90 Å². The number of halogens is 2. The van der Waals surface area contributed by atoms with Crippen molar-refractivity contribution in [1.82, 2.24) is 9.88 Å². The van der Waals surface area contributed by atoms with Gasteiger partial charge in [0.25, 0.3) is 0 Å². The number of nitrogens with zero attached hydrogens (tertiary/aromatic N) is 1. The van der Waals surface area contributed by atoms with Crippen molar-refractivity contribution in [1.29, 1.82) is 0 Å². The number of nitrogens with one attached hydrogen (secondary N) is 2. The average Bonchev–Trinajstić information content (AvgIpc) is 3.26. The van der Waals surface area contributed by atoms with Crippen LogP contribution in [0.15, 0.2) is 60.8 Å². The van der Waals surface area contributed by atoms with E-state index in [-0.39, 0.29) is 30.0 Å². The highest BCUT2D eigenvalue weighted by atomic mass is 19.1. The second-order valence-electron chi connectivity index (χ2n) is 10.3. The van der Waals surface area contributed by atoms with Crippen LogP contribution in [0.1, 0.15) is 43.5 Å². The molecule has 3 N–H and O–H groups in total. The van der Waals surface area contributed by atoms with E-state index in [2.05, 4.69) is 10.3 Å². The third-order valence-corrected chi connectivity index (χ3v) is 7.27. The van der Waals surface area contributed by atoms with Crippen LogP contribution in [0.4, 0.5) is 19.3 Å². The quantitative estimate of drug-likeness (QED) is 0.275. The lowest BCUT2D eigenvalue weighted by Gasteiger charge is -2.47. The van der Waals surface area contributed by atoms with Gasteiger partial charge in [-0.2, -0.15) is 0 Å². The Morgan fingerprint density at radius 3 is 2.58 bits per heavy atom. The van der Waals surface area contributed by atoms with E-state index in [1.54, 1.807) is 39.1 Å². The van der Waals surface area contributed by atoms with Crippen molar-refractivity contribution < 1.29 is 23.4 Å². The Kier molecular flexibility index (Phi) is 6.61. The fourth-order valence-electron chi connectivity index (χ4n) is 5.34. The number of hydrogen-bond donors (Lipinski definition) is 3. The highest BCUT2D eigenvalue weighted by Gasteiger charge is 2.47. The number of carbonyl (C=O) groups is 1. The average molecular weight is 520 g/mol. The molecule has 4 aromatic rings. The number of rotatable bonds is 5. The van der Waals surface area contributed by atoms with Gasteiger partial charge in [0, 0.05) is 34.9 Å². The molecule has 5 rings (SSSR count). The first kappa shape index (κ1) is 25.7. The number of aliphatic hydroxyl groups excluding tert-OH is 1. The van der Waals surface area contributed by atoms with E-state index in [4.69, 9.17) is 4.74 Å². The van der Waals surface area contributed by atoms with Gasteiger partial charge in [0.2, 0.25) is 0 Å². The van der Waals surface area contributed by atoms with Gasteiger partial charge in [-0.25, -0.2) is 13.6 Å². The Labute approximate surface area is 220 Å². The standard InChI is InChI=1S/C30H31F2N3O3/c1-5-38-29(37)35(16-18-10-7-6-8-11-18)27-24-22(34-30(3,4)28(27)36)14-21(31)23(25(24)32)20-13-9-12-19-17(2)15-33-26(19)20/h6-15,27-28,33-34,36H,5,16H2,1-4H3/t27-,28+/m0/s1. The van der Waals surface area contributed by atoms with E-state index in [0.29, 0.717) is 11.1 Å². The van der Waals surface area contributed by atoms with Gasteiger partial charge in [0.05, 0.1) is 29.3 Å². The number of para-hydroxylation sites is 1. The number of anilines is 1. The van der Waals surface area contributed by atoms with E-state index in [1.165, 1.54) is 11.0 Å². The molecule has 1 aliphatic heterocycles. The van der Waals surface area contributed by atoms with Gasteiger partial charge < -0.3 is 20.1 Å². The summed E-state index contributed by atoms with van der Waals surface area (Å²) in [5.41, 5.74) is 1.66. The van der Waals surface area contributed by atoms with Crippen LogP contribution < -0.4 is 5.32 Å². The van der Waals surface area contributed by atoms with Crippen molar-refractivity contribution in [2.45, 2.75) is 51.9 Å². The molecule has 0 unspecified atom stereocenters. The Morgan fingerprint density at radius 2 is 1.87 bits per heavy atom. The molecule has 0 radical (unpaired) electrons. The Morgan fingerprint density at radius 1 is 1.13 bits per heavy atom. The number of aryl methyl sites for hydroxylation is 1. The molecular weight excluding hydrogens is 488 g/mol. The van der Waals surface area contributed by atoms with Crippen molar-refractivity contribution in [2.24, 2.45) is 0 Å². The molecule has 198 valence electrons. The van der Waals surface area contributed by atoms with Crippen molar-refractivity contribution in [3.05, 3.63) is 89.1 Å². The summed E-state index contributed by atoms with van der Waals surface area (Å²) in [5, 5.41) is 15.5. The number of aliphatic hydroxyl groups is 1. The molecule has 0 spiro atoms. The van der Waals surface area contributed by atoms with Crippen LogP contribution in [-0.4, -0.2) is 39.3 Å². The summed E-state index contributed by atoms with van der Waals surface area (Å²) in [5.74, 6) is -1.58. The number of aromatic nitrogens is 1. The first-order chi connectivity index (χ1) is 18.1. The highest BCUT2D eigenvalue weighted by molar-refractivity contribution is 5.96. The minimum Gasteiger partial charge on any atom is -0.450 e. The van der Waals surface area contributed by atoms with Crippen molar-refractivity contribution in [2.75, 3.05) is 11.9 Å². The van der Waals surface area contributed by atoms with Gasteiger partial charge in [0.15, 0.2) is 0 Å². The summed E-state index contributed by atoms with van der Waals surface area (Å²) in [7, 11) is 0. The molecule has 0 saturated carbocycles. The lowest BCUT2D eigenvalue weighted by Crippen LogP contribution is -2.56. The van der Waals surface area contributed by atoms with Gasteiger partial charge >= 0.3 is 6.09 Å². The molecule has 1 aliphatic rings. The van der Waals surface area contributed by atoms with Gasteiger partial charge in [0.1, 0.15) is 17.7 Å². The second-order valence-corrected chi connectivity index (χ2v) is 10.3. The molecule has 8 heteroatoms. The smallest absolute Gasteiger partial charge is 0.410 e. The fraction of sp³-hybridized carbons (Fsp3) is 0.300. The molecule has 2 atom stereocenters. The third kappa shape index (κ3) is 4.28. The maximum absolute atomic E-state index is 16.7. The monoisotopic (exact) mass is 519 g/mol. The van der Waals surface area contributed by atoms with Crippen molar-refractivity contribution in [3.63, 3.8) is 0 Å². The summed E-state index contributed by atoms with van der Waals surface area (Å²) in [6.07, 6.45) is -0.141. The third-order valence-electron chi connectivity index (χ3n) is 7.27. The number of ether oxygens (including phenoxy) is 1. The summed E-state index contributed by atoms with van der Waals surface area (Å²) in [4.78, 5) is 17.8. The Hall–Kier alpha value is -3.91. The summed E-state index contributed by atoms with van der Waals surface area (Å²) >= 11 is 0. The van der Waals surface area contributed by atoms with Gasteiger partial charge in [-0.15, -0.1) is 0 Å². The number of fused-ring (bicyclic) bond motifs is 2. The molecule has 38 heavy (non-hydrogen) atoms. The van der Waals surface area contributed by atoms with Crippen LogP contribution in [0, 0.1) is 18.6 Å². The lowest BCUT2D eigenvalue weighted by atomic mass is 9.80. The number of H-pyrrole nitrogens is 1. The minimum atomic E-state index is -1.24. The second kappa shape index (κ2) is 9.76. The van der Waals surface area contributed by atoms with Crippen LogP contribution in [0.3, 0.4) is 0 Å². The molecule has 3 aromatic carbocycles. The van der Waals surface area contributed by atoms with E-state index in [1.807, 2.05) is 43.3 Å². The molecule has 2 heterocycles. The maximum Gasteiger partial charge on any atom is 0.410 e. The van der Waals surface area contributed by atoms with Crippen LogP contribution in [0.2, 0.25) is 0 Å². The predicted molar refractivity (Wildman–Crippen MR) is 144 cm³/mol. The predicted octanol–water partition coefficient (Wildman–Crippen LogP) is 6.69. The zero-order valence-corrected chi connectivity index (χ0v) is 21.8. The van der Waals surface area contributed by atoms with Gasteiger partial charge in [-0.1, -0.05) is 48.5 Å². The first-order valence-electron chi connectivity index (χ1n) is 12.7. The van der Waals surface area contributed by atoms with E-state index in [9.17, 15) is 9.90 Å². The van der Waals surface area contributed by atoms with Crippen LogP contribution in [0.5, 0.6) is 0 Å². The van der Waals surface area contributed by atoms with E-state index < -0.39 is 35.4 Å². The summed E-state index contributed by atoms with van der Waals surface area (Å²) in [6.45, 7) is 7.22. The summed E-state index contributed by atoms with van der Waals surface area (Å²) < 4.78 is 37.7. The largest absolute Gasteiger partial charge is 0.450 e. The van der Waals surface area contributed by atoms with Crippen LogP contribution >= 0.6 is 0 Å². The van der Waals surface area contributed by atoms with Crippen LogP contribution in [0.25, 0.3) is 22.0 Å². The number of hydrogen-bond acceptors (Lipinski definition) is 4. The van der Waals surface area contributed by atoms with Gasteiger partial charge in [-0.05, 0) is 44.9 Å². The molecule has 0 fully saturated rings. The number of benzene rings is 3. The zero-order valence-electron chi connectivity index (χ0n) is 21.8. The molecular formula is C30H31F2N3O3. The molecule has 0 saturated heterocycles. The normalized spacial score (nSPS) is 18.1. The SMILES string of the molecule is CCOC(=O)N(Cc1ccccc1)[C@H]1c2c(cc(F)c(-c3cccc4c(C)c[nH]c34)c2F)NC(C)(C)[C@@H]1O. The molecule has 0 bridgehead atoms. The molecule has 6 nitrogen and oxygen atoms in total. The lowest BCUT2D eigenvalue weighted by molar-refractivity contribution is -0.000255. The highest BCUT2D eigenvalue weighted by Crippen LogP contribution is 2.47. The molecule has 0 aliphatic carbocycles. The van der Waals surface area contributed by atoms with E-state index in [0.717, 1.165) is 16.5 Å². The van der Waals surface area contributed by atoms with E-state index >= 15 is 8.78 Å². The molecule has 1 amide bonds.